The van der Waals surface area contributed by atoms with Crippen molar-refractivity contribution >= 4 is 11.6 Å². The summed E-state index contributed by atoms with van der Waals surface area (Å²) in [6, 6.07) is 8.44. The average Bonchev–Trinajstić information content (AvgIpc) is 3.08. The van der Waals surface area contributed by atoms with Gasteiger partial charge in [0.15, 0.2) is 0 Å². The molecule has 0 saturated carbocycles. The highest BCUT2D eigenvalue weighted by Gasteiger charge is 2.33. The molecule has 4 heteroatoms. The molecule has 0 aliphatic carbocycles. The third kappa shape index (κ3) is 2.52. The lowest BCUT2D eigenvalue weighted by atomic mass is 10.1. The Labute approximate surface area is 120 Å². The van der Waals surface area contributed by atoms with Gasteiger partial charge in [-0.3, -0.25) is 10.1 Å². The Morgan fingerprint density at radius 2 is 2.00 bits per heavy atom. The fourth-order valence-corrected chi connectivity index (χ4v) is 3.08. The Bertz CT molecular complexity index is 494. The molecule has 2 fully saturated rings. The van der Waals surface area contributed by atoms with Crippen molar-refractivity contribution in [2.75, 3.05) is 18.0 Å². The number of nitrogens with one attached hydrogen (secondary N) is 2. The number of amides is 1. The predicted molar refractivity (Wildman–Crippen MR) is 80.5 cm³/mol. The van der Waals surface area contributed by atoms with Crippen LogP contribution in [-0.2, 0) is 4.79 Å². The highest BCUT2D eigenvalue weighted by molar-refractivity contribution is 5.84. The molecule has 0 spiro atoms. The van der Waals surface area contributed by atoms with Crippen molar-refractivity contribution in [2.24, 2.45) is 5.92 Å². The number of carbonyl (C=O) groups excluding carboxylic acids is 1. The van der Waals surface area contributed by atoms with Crippen molar-refractivity contribution in [2.45, 2.75) is 38.9 Å². The fraction of sp³-hybridized carbons (Fsp3) is 0.562. The SMILES string of the molecule is CC(C)C1NC(c2cccc(N3CCCC3)c2)NC1=O. The number of benzene rings is 1. The maximum absolute atomic E-state index is 12.0. The first-order valence-electron chi connectivity index (χ1n) is 7.56. The molecular weight excluding hydrogens is 250 g/mol. The Morgan fingerprint density at radius 1 is 1.25 bits per heavy atom. The van der Waals surface area contributed by atoms with E-state index in [1.807, 2.05) is 0 Å². The van der Waals surface area contributed by atoms with Crippen LogP contribution in [0, 0.1) is 5.92 Å². The molecular formula is C16H23N3O. The zero-order chi connectivity index (χ0) is 14.1. The summed E-state index contributed by atoms with van der Waals surface area (Å²) in [7, 11) is 0. The van der Waals surface area contributed by atoms with E-state index in [2.05, 4.69) is 53.6 Å². The van der Waals surface area contributed by atoms with Crippen molar-refractivity contribution < 1.29 is 4.79 Å². The topological polar surface area (TPSA) is 44.4 Å². The monoisotopic (exact) mass is 273 g/mol. The fourth-order valence-electron chi connectivity index (χ4n) is 3.08. The highest BCUT2D eigenvalue weighted by Crippen LogP contribution is 2.25. The molecule has 2 heterocycles. The number of anilines is 1. The maximum Gasteiger partial charge on any atom is 0.238 e. The molecule has 3 rings (SSSR count). The molecule has 2 N–H and O–H groups in total. The van der Waals surface area contributed by atoms with E-state index in [9.17, 15) is 4.79 Å². The van der Waals surface area contributed by atoms with Gasteiger partial charge in [-0.25, -0.2) is 0 Å². The van der Waals surface area contributed by atoms with Crippen molar-refractivity contribution in [3.8, 4) is 0 Å². The minimum Gasteiger partial charge on any atom is -0.372 e. The summed E-state index contributed by atoms with van der Waals surface area (Å²) in [5.74, 6) is 0.415. The Hall–Kier alpha value is -1.55. The normalized spacial score (nSPS) is 26.4. The summed E-state index contributed by atoms with van der Waals surface area (Å²) >= 11 is 0. The quantitative estimate of drug-likeness (QED) is 0.885. The molecule has 2 aliphatic heterocycles. The molecule has 4 nitrogen and oxygen atoms in total. The second-order valence-corrected chi connectivity index (χ2v) is 6.12. The van der Waals surface area contributed by atoms with Crippen molar-refractivity contribution in [3.63, 3.8) is 0 Å². The lowest BCUT2D eigenvalue weighted by Crippen LogP contribution is -2.33. The zero-order valence-corrected chi connectivity index (χ0v) is 12.2. The molecule has 0 aromatic heterocycles. The van der Waals surface area contributed by atoms with Crippen LogP contribution in [-0.4, -0.2) is 25.0 Å². The minimum absolute atomic E-state index is 0.0579. The highest BCUT2D eigenvalue weighted by atomic mass is 16.2. The van der Waals surface area contributed by atoms with Gasteiger partial charge in [0.05, 0.1) is 6.04 Å². The van der Waals surface area contributed by atoms with Crippen LogP contribution in [0.1, 0.15) is 38.4 Å². The molecule has 108 valence electrons. The van der Waals surface area contributed by atoms with Gasteiger partial charge in [0, 0.05) is 18.8 Å². The third-order valence-electron chi connectivity index (χ3n) is 4.26. The van der Waals surface area contributed by atoms with Gasteiger partial charge < -0.3 is 10.2 Å². The average molecular weight is 273 g/mol. The van der Waals surface area contributed by atoms with Gasteiger partial charge in [-0.2, -0.15) is 0 Å². The molecule has 1 aromatic carbocycles. The van der Waals surface area contributed by atoms with E-state index in [0.29, 0.717) is 5.92 Å². The first-order valence-corrected chi connectivity index (χ1v) is 7.56. The lowest BCUT2D eigenvalue weighted by molar-refractivity contribution is -0.121. The first-order chi connectivity index (χ1) is 9.65. The Morgan fingerprint density at radius 3 is 2.65 bits per heavy atom. The number of carbonyl (C=O) groups is 1. The summed E-state index contributed by atoms with van der Waals surface area (Å²) in [6.45, 7) is 6.42. The minimum atomic E-state index is -0.0876. The van der Waals surface area contributed by atoms with Gasteiger partial charge in [0.1, 0.15) is 6.17 Å². The second-order valence-electron chi connectivity index (χ2n) is 6.12. The number of hydrogen-bond acceptors (Lipinski definition) is 3. The standard InChI is InChI=1S/C16H23N3O/c1-11(2)14-16(20)18-15(17-14)12-6-5-7-13(10-12)19-8-3-4-9-19/h5-7,10-11,14-15,17H,3-4,8-9H2,1-2H3,(H,18,20). The molecule has 1 aromatic rings. The van der Waals surface area contributed by atoms with E-state index in [4.69, 9.17) is 0 Å². The van der Waals surface area contributed by atoms with Crippen LogP contribution >= 0.6 is 0 Å². The van der Waals surface area contributed by atoms with Gasteiger partial charge in [-0.05, 0) is 36.5 Å². The van der Waals surface area contributed by atoms with Gasteiger partial charge in [0.25, 0.3) is 0 Å². The lowest BCUT2D eigenvalue weighted by Gasteiger charge is -2.20. The van der Waals surface area contributed by atoms with E-state index in [1.165, 1.54) is 18.5 Å². The van der Waals surface area contributed by atoms with Gasteiger partial charge in [-0.15, -0.1) is 0 Å². The van der Waals surface area contributed by atoms with E-state index >= 15 is 0 Å². The predicted octanol–water partition coefficient (Wildman–Crippen LogP) is 2.03. The molecule has 1 amide bonds. The van der Waals surface area contributed by atoms with E-state index in [-0.39, 0.29) is 18.1 Å². The summed E-state index contributed by atoms with van der Waals surface area (Å²) in [5.41, 5.74) is 2.41. The number of nitrogens with zero attached hydrogens (tertiary/aromatic N) is 1. The molecule has 2 saturated heterocycles. The molecule has 20 heavy (non-hydrogen) atoms. The largest absolute Gasteiger partial charge is 0.372 e. The van der Waals surface area contributed by atoms with Crippen LogP contribution in [0.4, 0.5) is 5.69 Å². The third-order valence-corrected chi connectivity index (χ3v) is 4.26. The van der Waals surface area contributed by atoms with Crippen molar-refractivity contribution in [1.29, 1.82) is 0 Å². The number of rotatable bonds is 3. The van der Waals surface area contributed by atoms with Gasteiger partial charge >= 0.3 is 0 Å². The van der Waals surface area contributed by atoms with Crippen LogP contribution in [0.5, 0.6) is 0 Å². The van der Waals surface area contributed by atoms with Crippen molar-refractivity contribution in [3.05, 3.63) is 29.8 Å². The zero-order valence-electron chi connectivity index (χ0n) is 12.2. The first kappa shape index (κ1) is 13.4. The number of hydrogen-bond donors (Lipinski definition) is 2. The Balaban J connectivity index is 1.77. The van der Waals surface area contributed by atoms with E-state index in [1.54, 1.807) is 0 Å². The van der Waals surface area contributed by atoms with Gasteiger partial charge in [-0.1, -0.05) is 26.0 Å². The van der Waals surface area contributed by atoms with Crippen LogP contribution in [0.3, 0.4) is 0 Å². The van der Waals surface area contributed by atoms with Gasteiger partial charge in [0.2, 0.25) is 5.91 Å². The molecule has 0 radical (unpaired) electrons. The van der Waals surface area contributed by atoms with E-state index in [0.717, 1.165) is 18.7 Å². The van der Waals surface area contributed by atoms with Crippen LogP contribution in [0.2, 0.25) is 0 Å². The van der Waals surface area contributed by atoms with Crippen LogP contribution < -0.4 is 15.5 Å². The summed E-state index contributed by atoms with van der Waals surface area (Å²) in [6.07, 6.45) is 2.49. The maximum atomic E-state index is 12.0. The second kappa shape index (κ2) is 5.44. The Kier molecular flexibility index (Phi) is 3.66. The molecule has 2 aliphatic rings. The smallest absolute Gasteiger partial charge is 0.238 e. The molecule has 2 unspecified atom stereocenters. The summed E-state index contributed by atoms with van der Waals surface area (Å²) in [5, 5.41) is 6.45. The van der Waals surface area contributed by atoms with Crippen LogP contribution in [0.25, 0.3) is 0 Å². The van der Waals surface area contributed by atoms with Crippen molar-refractivity contribution in [1.82, 2.24) is 10.6 Å². The molecule has 2 atom stereocenters. The van der Waals surface area contributed by atoms with E-state index < -0.39 is 0 Å². The summed E-state index contributed by atoms with van der Waals surface area (Å²) < 4.78 is 0. The van der Waals surface area contributed by atoms with Crippen LogP contribution in [0.15, 0.2) is 24.3 Å². The summed E-state index contributed by atoms with van der Waals surface area (Å²) in [4.78, 5) is 14.4. The molecule has 0 bridgehead atoms.